The first-order valence-electron chi connectivity index (χ1n) is 4.28. The largest absolute Gasteiger partial charge is 0.321 e. The highest BCUT2D eigenvalue weighted by molar-refractivity contribution is 5.00. The van der Waals surface area contributed by atoms with Crippen LogP contribution in [0.3, 0.4) is 0 Å². The molecular formula is C8H14F2N4. The molecule has 80 valence electrons. The highest BCUT2D eigenvalue weighted by atomic mass is 19.3. The zero-order valence-electron chi connectivity index (χ0n) is 8.38. The van der Waals surface area contributed by atoms with Gasteiger partial charge in [0.15, 0.2) is 11.6 Å². The first kappa shape index (κ1) is 11.0. The Morgan fingerprint density at radius 2 is 1.93 bits per heavy atom. The molecule has 0 bridgehead atoms. The minimum atomic E-state index is -2.64. The van der Waals surface area contributed by atoms with Crippen molar-refractivity contribution in [3.8, 4) is 0 Å². The lowest BCUT2D eigenvalue weighted by molar-refractivity contribution is 0.140. The van der Waals surface area contributed by atoms with Crippen LogP contribution in [-0.4, -0.2) is 15.2 Å². The molecule has 1 aromatic rings. The van der Waals surface area contributed by atoms with Crippen LogP contribution in [0.2, 0.25) is 0 Å². The van der Waals surface area contributed by atoms with E-state index in [1.807, 2.05) is 20.8 Å². The fourth-order valence-electron chi connectivity index (χ4n) is 0.912. The van der Waals surface area contributed by atoms with Crippen molar-refractivity contribution < 1.29 is 8.78 Å². The first-order chi connectivity index (χ1) is 6.32. The minimum Gasteiger partial charge on any atom is -0.321 e. The Kier molecular flexibility index (Phi) is 2.84. The monoisotopic (exact) mass is 204 g/mol. The molecule has 0 spiro atoms. The standard InChI is InChI=1S/C8H14F2N4/c1-8(2,3)4(11)6-12-7(5(9)10)14-13-6/h4-5H,11H2,1-3H3,(H,12,13,14)/t4-/m0/s1. The van der Waals surface area contributed by atoms with Crippen LogP contribution in [0, 0.1) is 5.41 Å². The van der Waals surface area contributed by atoms with E-state index >= 15 is 0 Å². The van der Waals surface area contributed by atoms with Gasteiger partial charge in [0.1, 0.15) is 0 Å². The van der Waals surface area contributed by atoms with Gasteiger partial charge < -0.3 is 5.73 Å². The Hall–Kier alpha value is -1.04. The molecule has 3 N–H and O–H groups in total. The van der Waals surface area contributed by atoms with Crippen molar-refractivity contribution in [2.75, 3.05) is 0 Å². The fraction of sp³-hybridized carbons (Fsp3) is 0.750. The number of rotatable bonds is 2. The highest BCUT2D eigenvalue weighted by Crippen LogP contribution is 2.28. The number of hydrogen-bond acceptors (Lipinski definition) is 3. The molecule has 0 saturated carbocycles. The second kappa shape index (κ2) is 3.61. The number of halogens is 2. The van der Waals surface area contributed by atoms with Gasteiger partial charge >= 0.3 is 0 Å². The third kappa shape index (κ3) is 2.25. The van der Waals surface area contributed by atoms with Crippen LogP contribution in [0.5, 0.6) is 0 Å². The van der Waals surface area contributed by atoms with Gasteiger partial charge in [-0.3, -0.25) is 5.10 Å². The van der Waals surface area contributed by atoms with Crippen molar-refractivity contribution in [1.82, 2.24) is 15.2 Å². The van der Waals surface area contributed by atoms with Crippen LogP contribution in [0.1, 0.15) is 44.9 Å². The van der Waals surface area contributed by atoms with Crippen molar-refractivity contribution in [3.05, 3.63) is 11.6 Å². The number of nitrogens with one attached hydrogen (secondary N) is 1. The molecule has 0 radical (unpaired) electrons. The molecule has 0 fully saturated rings. The maximum Gasteiger partial charge on any atom is 0.296 e. The molecular weight excluding hydrogens is 190 g/mol. The number of nitrogens with two attached hydrogens (primary N) is 1. The molecule has 6 heteroatoms. The quantitative estimate of drug-likeness (QED) is 0.771. The average molecular weight is 204 g/mol. The Balaban J connectivity index is 2.87. The van der Waals surface area contributed by atoms with Gasteiger partial charge in [0.05, 0.1) is 6.04 Å². The van der Waals surface area contributed by atoms with Crippen molar-refractivity contribution in [3.63, 3.8) is 0 Å². The summed E-state index contributed by atoms with van der Waals surface area (Å²) in [4.78, 5) is 3.63. The van der Waals surface area contributed by atoms with Gasteiger partial charge in [0.25, 0.3) is 6.43 Å². The molecule has 4 nitrogen and oxygen atoms in total. The summed E-state index contributed by atoms with van der Waals surface area (Å²) in [5.41, 5.74) is 5.55. The molecule has 14 heavy (non-hydrogen) atoms. The van der Waals surface area contributed by atoms with E-state index in [9.17, 15) is 8.78 Å². The Labute approximate surface area is 80.9 Å². The van der Waals surface area contributed by atoms with Gasteiger partial charge in [-0.2, -0.15) is 5.10 Å². The van der Waals surface area contributed by atoms with Gasteiger partial charge in [0.2, 0.25) is 0 Å². The van der Waals surface area contributed by atoms with E-state index in [-0.39, 0.29) is 11.2 Å². The molecule has 1 heterocycles. The molecule has 1 aromatic heterocycles. The summed E-state index contributed by atoms with van der Waals surface area (Å²) >= 11 is 0. The van der Waals surface area contributed by atoms with Crippen molar-refractivity contribution in [2.24, 2.45) is 11.1 Å². The molecule has 0 aromatic carbocycles. The molecule has 0 amide bonds. The molecule has 1 atom stereocenters. The zero-order valence-corrected chi connectivity index (χ0v) is 8.38. The normalized spacial score (nSPS) is 14.8. The maximum absolute atomic E-state index is 12.2. The molecule has 0 aliphatic carbocycles. The Bertz CT molecular complexity index is 303. The van der Waals surface area contributed by atoms with Crippen LogP contribution in [0.4, 0.5) is 8.78 Å². The number of alkyl halides is 2. The van der Waals surface area contributed by atoms with Crippen LogP contribution in [0.25, 0.3) is 0 Å². The summed E-state index contributed by atoms with van der Waals surface area (Å²) in [7, 11) is 0. The number of nitrogens with zero attached hydrogens (tertiary/aromatic N) is 2. The molecule has 0 unspecified atom stereocenters. The van der Waals surface area contributed by atoms with E-state index in [2.05, 4.69) is 15.2 Å². The second-order valence-electron chi connectivity index (χ2n) is 4.22. The summed E-state index contributed by atoms with van der Waals surface area (Å²) < 4.78 is 24.3. The van der Waals surface area contributed by atoms with Gasteiger partial charge in [0, 0.05) is 0 Å². The SMILES string of the molecule is CC(C)(C)[C@@H](N)c1n[nH]c(C(F)F)n1. The summed E-state index contributed by atoms with van der Waals surface area (Å²) in [5, 5.41) is 5.83. The van der Waals surface area contributed by atoms with E-state index < -0.39 is 18.3 Å². The van der Waals surface area contributed by atoms with Crippen LogP contribution in [-0.2, 0) is 0 Å². The smallest absolute Gasteiger partial charge is 0.296 e. The lowest BCUT2D eigenvalue weighted by Crippen LogP contribution is -2.27. The van der Waals surface area contributed by atoms with Gasteiger partial charge in [-0.05, 0) is 5.41 Å². The van der Waals surface area contributed by atoms with E-state index in [4.69, 9.17) is 5.73 Å². The molecule has 1 rings (SSSR count). The van der Waals surface area contributed by atoms with Crippen molar-refractivity contribution in [2.45, 2.75) is 33.2 Å². The molecule has 0 aliphatic heterocycles. The van der Waals surface area contributed by atoms with Gasteiger partial charge in [-0.25, -0.2) is 13.8 Å². The Morgan fingerprint density at radius 3 is 2.29 bits per heavy atom. The lowest BCUT2D eigenvalue weighted by atomic mass is 9.87. The molecule has 0 saturated heterocycles. The van der Waals surface area contributed by atoms with Crippen molar-refractivity contribution >= 4 is 0 Å². The predicted octanol–water partition coefficient (Wildman–Crippen LogP) is 1.79. The zero-order chi connectivity index (χ0) is 10.9. The highest BCUT2D eigenvalue weighted by Gasteiger charge is 2.27. The minimum absolute atomic E-state index is 0.229. The average Bonchev–Trinajstić information content (AvgIpc) is 2.48. The summed E-state index contributed by atoms with van der Waals surface area (Å²) in [5.74, 6) is -0.201. The number of hydrogen-bond donors (Lipinski definition) is 2. The summed E-state index contributed by atoms with van der Waals surface area (Å²) in [6.07, 6.45) is -2.64. The van der Waals surface area contributed by atoms with Crippen LogP contribution < -0.4 is 5.73 Å². The van der Waals surface area contributed by atoms with Gasteiger partial charge in [-0.1, -0.05) is 20.8 Å². The van der Waals surface area contributed by atoms with E-state index in [0.717, 1.165) is 0 Å². The topological polar surface area (TPSA) is 67.6 Å². The second-order valence-corrected chi connectivity index (χ2v) is 4.22. The van der Waals surface area contributed by atoms with E-state index in [0.29, 0.717) is 0 Å². The Morgan fingerprint density at radius 1 is 1.36 bits per heavy atom. The van der Waals surface area contributed by atoms with Gasteiger partial charge in [-0.15, -0.1) is 0 Å². The van der Waals surface area contributed by atoms with Crippen molar-refractivity contribution in [1.29, 1.82) is 0 Å². The summed E-state index contributed by atoms with van der Waals surface area (Å²) in [6.45, 7) is 5.70. The lowest BCUT2D eigenvalue weighted by Gasteiger charge is -2.24. The maximum atomic E-state index is 12.2. The first-order valence-corrected chi connectivity index (χ1v) is 4.28. The predicted molar refractivity (Wildman–Crippen MR) is 47.7 cm³/mol. The molecule has 0 aliphatic rings. The van der Waals surface area contributed by atoms with Crippen LogP contribution >= 0.6 is 0 Å². The number of H-pyrrole nitrogens is 1. The van der Waals surface area contributed by atoms with Crippen LogP contribution in [0.15, 0.2) is 0 Å². The number of aromatic nitrogens is 3. The van der Waals surface area contributed by atoms with E-state index in [1.54, 1.807) is 0 Å². The fourth-order valence-corrected chi connectivity index (χ4v) is 0.912. The van der Waals surface area contributed by atoms with E-state index in [1.165, 1.54) is 0 Å². The number of aromatic amines is 1. The third-order valence-corrected chi connectivity index (χ3v) is 1.94. The summed E-state index contributed by atoms with van der Waals surface area (Å²) in [6, 6.07) is -0.453. The third-order valence-electron chi connectivity index (χ3n) is 1.94.